The molecule has 0 saturated heterocycles. The van der Waals surface area contributed by atoms with Crippen LogP contribution in [0.3, 0.4) is 0 Å². The van der Waals surface area contributed by atoms with Gasteiger partial charge in [0.15, 0.2) is 0 Å². The van der Waals surface area contributed by atoms with Gasteiger partial charge in [0.2, 0.25) is 5.91 Å². The Balaban J connectivity index is 1.59. The Morgan fingerprint density at radius 2 is 1.85 bits per heavy atom. The topological polar surface area (TPSA) is 41.1 Å². The zero-order chi connectivity index (χ0) is 14.2. The van der Waals surface area contributed by atoms with Crippen LogP contribution in [0.25, 0.3) is 0 Å². The Labute approximate surface area is 129 Å². The molecule has 1 amide bonds. The van der Waals surface area contributed by atoms with Crippen molar-refractivity contribution in [3.8, 4) is 0 Å². The number of carbonyl (C=O) groups excluding carboxylic acids is 1. The molecule has 1 aliphatic rings. The highest BCUT2D eigenvalue weighted by Gasteiger charge is 2.12. The van der Waals surface area contributed by atoms with E-state index >= 15 is 0 Å². The average molecular weight is 339 g/mol. The molecule has 4 heteroatoms. The van der Waals surface area contributed by atoms with Gasteiger partial charge < -0.3 is 10.6 Å². The third-order valence-corrected chi connectivity index (χ3v) is 4.40. The molecule has 2 rings (SSSR count). The fourth-order valence-electron chi connectivity index (χ4n) is 2.72. The number of anilines is 1. The summed E-state index contributed by atoms with van der Waals surface area (Å²) < 4.78 is 1.01. The lowest BCUT2D eigenvalue weighted by Gasteiger charge is -2.21. The fourth-order valence-corrected chi connectivity index (χ4v) is 2.99. The van der Waals surface area contributed by atoms with Crippen LogP contribution in [-0.2, 0) is 4.79 Å². The smallest absolute Gasteiger partial charge is 0.238 e. The second kappa shape index (κ2) is 8.42. The number of hydrogen-bond acceptors (Lipinski definition) is 2. The van der Waals surface area contributed by atoms with Gasteiger partial charge in [0.05, 0.1) is 6.54 Å². The molecule has 0 spiro atoms. The molecule has 20 heavy (non-hydrogen) atoms. The van der Waals surface area contributed by atoms with Crippen molar-refractivity contribution in [2.45, 2.75) is 38.5 Å². The first kappa shape index (κ1) is 15.5. The van der Waals surface area contributed by atoms with Crippen LogP contribution in [0.1, 0.15) is 38.5 Å². The number of nitrogens with one attached hydrogen (secondary N) is 2. The molecule has 0 aromatic heterocycles. The lowest BCUT2D eigenvalue weighted by atomic mass is 9.87. The molecule has 0 aliphatic heterocycles. The van der Waals surface area contributed by atoms with Gasteiger partial charge in [-0.25, -0.2) is 0 Å². The number of rotatable bonds is 6. The van der Waals surface area contributed by atoms with Gasteiger partial charge in [-0.1, -0.05) is 48.0 Å². The standard InChI is InChI=1S/C16H23BrN2O/c17-14-6-8-15(9-7-14)19-16(20)12-18-11-10-13-4-2-1-3-5-13/h6-9,13,18H,1-5,10-12H2,(H,19,20). The molecule has 1 saturated carbocycles. The van der Waals surface area contributed by atoms with Crippen molar-refractivity contribution < 1.29 is 4.79 Å². The SMILES string of the molecule is O=C(CNCCC1CCCCC1)Nc1ccc(Br)cc1. The van der Waals surface area contributed by atoms with Crippen molar-refractivity contribution >= 4 is 27.5 Å². The van der Waals surface area contributed by atoms with Crippen LogP contribution in [0.4, 0.5) is 5.69 Å². The third-order valence-electron chi connectivity index (χ3n) is 3.87. The van der Waals surface area contributed by atoms with E-state index in [0.29, 0.717) is 6.54 Å². The lowest BCUT2D eigenvalue weighted by molar-refractivity contribution is -0.115. The van der Waals surface area contributed by atoms with Crippen molar-refractivity contribution in [2.75, 3.05) is 18.4 Å². The summed E-state index contributed by atoms with van der Waals surface area (Å²) in [7, 11) is 0. The number of amides is 1. The maximum absolute atomic E-state index is 11.8. The molecule has 2 N–H and O–H groups in total. The van der Waals surface area contributed by atoms with Gasteiger partial charge >= 0.3 is 0 Å². The lowest BCUT2D eigenvalue weighted by Crippen LogP contribution is -2.29. The molecule has 1 aromatic carbocycles. The van der Waals surface area contributed by atoms with Crippen LogP contribution in [0, 0.1) is 5.92 Å². The van der Waals surface area contributed by atoms with Crippen LogP contribution < -0.4 is 10.6 Å². The van der Waals surface area contributed by atoms with Crippen LogP contribution in [-0.4, -0.2) is 19.0 Å². The molecule has 3 nitrogen and oxygen atoms in total. The van der Waals surface area contributed by atoms with Gasteiger partial charge in [-0.2, -0.15) is 0 Å². The Kier molecular flexibility index (Phi) is 6.54. The number of hydrogen-bond donors (Lipinski definition) is 2. The normalized spacial score (nSPS) is 16.1. The summed E-state index contributed by atoms with van der Waals surface area (Å²) in [5.74, 6) is 0.891. The maximum Gasteiger partial charge on any atom is 0.238 e. The zero-order valence-corrected chi connectivity index (χ0v) is 13.4. The van der Waals surface area contributed by atoms with Crippen molar-refractivity contribution in [3.05, 3.63) is 28.7 Å². The molecule has 0 unspecified atom stereocenters. The van der Waals surface area contributed by atoms with E-state index < -0.39 is 0 Å². The van der Waals surface area contributed by atoms with E-state index in [1.165, 1.54) is 38.5 Å². The van der Waals surface area contributed by atoms with E-state index in [1.54, 1.807) is 0 Å². The third kappa shape index (κ3) is 5.63. The molecule has 1 aliphatic carbocycles. The van der Waals surface area contributed by atoms with Crippen LogP contribution in [0.5, 0.6) is 0 Å². The number of carbonyl (C=O) groups is 1. The highest BCUT2D eigenvalue weighted by Crippen LogP contribution is 2.25. The van der Waals surface area contributed by atoms with Gasteiger partial charge in [0.1, 0.15) is 0 Å². The van der Waals surface area contributed by atoms with Gasteiger partial charge in [0.25, 0.3) is 0 Å². The largest absolute Gasteiger partial charge is 0.325 e. The summed E-state index contributed by atoms with van der Waals surface area (Å²) in [6.45, 7) is 1.33. The number of benzene rings is 1. The van der Waals surface area contributed by atoms with Gasteiger partial charge in [-0.15, -0.1) is 0 Å². The van der Waals surface area contributed by atoms with Gasteiger partial charge in [0, 0.05) is 10.2 Å². The van der Waals surface area contributed by atoms with Crippen LogP contribution >= 0.6 is 15.9 Å². The van der Waals surface area contributed by atoms with Crippen molar-refractivity contribution in [1.29, 1.82) is 0 Å². The summed E-state index contributed by atoms with van der Waals surface area (Å²) >= 11 is 3.38. The van der Waals surface area contributed by atoms with E-state index in [1.807, 2.05) is 24.3 Å². The molecule has 0 bridgehead atoms. The summed E-state index contributed by atoms with van der Waals surface area (Å²) in [4.78, 5) is 11.8. The highest BCUT2D eigenvalue weighted by atomic mass is 79.9. The van der Waals surface area contributed by atoms with Crippen molar-refractivity contribution in [3.63, 3.8) is 0 Å². The average Bonchev–Trinajstić information content (AvgIpc) is 2.47. The molecule has 1 fully saturated rings. The Morgan fingerprint density at radius 1 is 1.15 bits per heavy atom. The second-order valence-corrected chi connectivity index (χ2v) is 6.44. The first-order valence-electron chi connectivity index (χ1n) is 7.50. The monoisotopic (exact) mass is 338 g/mol. The van der Waals surface area contributed by atoms with Crippen molar-refractivity contribution in [2.24, 2.45) is 5.92 Å². The molecular formula is C16H23BrN2O. The summed E-state index contributed by atoms with van der Waals surface area (Å²) in [6, 6.07) is 7.63. The minimum Gasteiger partial charge on any atom is -0.325 e. The van der Waals surface area contributed by atoms with Crippen LogP contribution in [0.2, 0.25) is 0 Å². The van der Waals surface area contributed by atoms with Crippen molar-refractivity contribution in [1.82, 2.24) is 5.32 Å². The first-order chi connectivity index (χ1) is 9.74. The predicted molar refractivity (Wildman–Crippen MR) is 86.8 cm³/mol. The van der Waals surface area contributed by atoms with Crippen LogP contribution in [0.15, 0.2) is 28.7 Å². The number of halogens is 1. The minimum absolute atomic E-state index is 0.0240. The Hall–Kier alpha value is -0.870. The molecule has 1 aromatic rings. The predicted octanol–water partition coefficient (Wildman–Crippen LogP) is 3.95. The molecule has 0 radical (unpaired) electrons. The Bertz CT molecular complexity index is 413. The maximum atomic E-state index is 11.8. The highest BCUT2D eigenvalue weighted by molar-refractivity contribution is 9.10. The Morgan fingerprint density at radius 3 is 2.55 bits per heavy atom. The fraction of sp³-hybridized carbons (Fsp3) is 0.562. The zero-order valence-electron chi connectivity index (χ0n) is 11.8. The van der Waals surface area contributed by atoms with E-state index in [4.69, 9.17) is 0 Å². The van der Waals surface area contributed by atoms with Gasteiger partial charge in [-0.3, -0.25) is 4.79 Å². The van der Waals surface area contributed by atoms with E-state index in [2.05, 4.69) is 26.6 Å². The summed E-state index contributed by atoms with van der Waals surface area (Å²) in [5, 5.41) is 6.13. The second-order valence-electron chi connectivity index (χ2n) is 5.52. The van der Waals surface area contributed by atoms with E-state index in [-0.39, 0.29) is 5.91 Å². The quantitative estimate of drug-likeness (QED) is 0.771. The molecule has 0 atom stereocenters. The first-order valence-corrected chi connectivity index (χ1v) is 8.29. The summed E-state index contributed by atoms with van der Waals surface area (Å²) in [5.41, 5.74) is 0.840. The van der Waals surface area contributed by atoms with E-state index in [0.717, 1.165) is 22.6 Å². The molecule has 110 valence electrons. The van der Waals surface area contributed by atoms with Gasteiger partial charge in [-0.05, 0) is 43.1 Å². The molecular weight excluding hydrogens is 316 g/mol. The van der Waals surface area contributed by atoms with E-state index in [9.17, 15) is 4.79 Å². The molecule has 0 heterocycles. The summed E-state index contributed by atoms with van der Waals surface area (Å²) in [6.07, 6.45) is 8.11. The minimum atomic E-state index is 0.0240.